The van der Waals surface area contributed by atoms with Gasteiger partial charge in [0.05, 0.1) is 11.5 Å². The Balaban J connectivity index is 1.61. The molecule has 2 rings (SSSR count). The Morgan fingerprint density at radius 1 is 1.04 bits per heavy atom. The predicted molar refractivity (Wildman–Crippen MR) is 104 cm³/mol. The minimum Gasteiger partial charge on any atom is -0.355 e. The number of nitrogens with one attached hydrogen (secondary N) is 2. The number of nitrogens with zero attached hydrogens (tertiary/aromatic N) is 2. The Morgan fingerprint density at radius 2 is 1.64 bits per heavy atom. The second-order valence-electron chi connectivity index (χ2n) is 6.07. The topological polar surface area (TPSA) is 84.0 Å². The number of carbonyl (C=O) groups is 2. The van der Waals surface area contributed by atoms with Crippen molar-refractivity contribution in [2.24, 2.45) is 5.92 Å². The van der Waals surface area contributed by atoms with E-state index in [0.29, 0.717) is 24.0 Å². The van der Waals surface area contributed by atoms with E-state index in [2.05, 4.69) is 20.8 Å². The molecule has 0 saturated heterocycles. The summed E-state index contributed by atoms with van der Waals surface area (Å²) in [5.41, 5.74) is 0. The quantitative estimate of drug-likeness (QED) is 0.586. The van der Waals surface area contributed by atoms with Gasteiger partial charge in [0.1, 0.15) is 0 Å². The lowest BCUT2D eigenvalue weighted by molar-refractivity contribution is -0.119. The van der Waals surface area contributed by atoms with Gasteiger partial charge in [0.15, 0.2) is 8.68 Å². The fourth-order valence-corrected chi connectivity index (χ4v) is 5.26. The van der Waals surface area contributed by atoms with E-state index >= 15 is 0 Å². The predicted octanol–water partition coefficient (Wildman–Crippen LogP) is 2.95. The maximum absolute atomic E-state index is 11.9. The first-order chi connectivity index (χ1) is 12.2. The maximum Gasteiger partial charge on any atom is 0.230 e. The van der Waals surface area contributed by atoms with Gasteiger partial charge < -0.3 is 10.6 Å². The molecule has 0 aromatic carbocycles. The Bertz CT molecular complexity index is 547. The molecule has 2 N–H and O–H groups in total. The van der Waals surface area contributed by atoms with Crippen molar-refractivity contribution in [2.75, 3.05) is 24.6 Å². The van der Waals surface area contributed by atoms with Gasteiger partial charge in [-0.25, -0.2) is 0 Å². The molecule has 1 aromatic rings. The number of carbonyl (C=O) groups excluding carboxylic acids is 2. The van der Waals surface area contributed by atoms with Gasteiger partial charge in [-0.05, 0) is 25.2 Å². The molecule has 1 heterocycles. The fourth-order valence-electron chi connectivity index (χ4n) is 2.58. The second kappa shape index (κ2) is 11.7. The van der Waals surface area contributed by atoms with Crippen LogP contribution in [0.3, 0.4) is 0 Å². The molecule has 6 nitrogen and oxygen atoms in total. The third-order valence-electron chi connectivity index (χ3n) is 3.93. The third-order valence-corrected chi connectivity index (χ3v) is 7.12. The first kappa shape index (κ1) is 20.5. The van der Waals surface area contributed by atoms with Crippen molar-refractivity contribution in [1.29, 1.82) is 0 Å². The zero-order valence-electron chi connectivity index (χ0n) is 14.6. The molecule has 2 amide bonds. The highest BCUT2D eigenvalue weighted by Gasteiger charge is 2.15. The highest BCUT2D eigenvalue weighted by Crippen LogP contribution is 2.28. The van der Waals surface area contributed by atoms with Crippen LogP contribution >= 0.6 is 34.9 Å². The van der Waals surface area contributed by atoms with E-state index in [9.17, 15) is 9.59 Å². The zero-order chi connectivity index (χ0) is 17.9. The molecule has 140 valence electrons. The molecule has 0 bridgehead atoms. The van der Waals surface area contributed by atoms with E-state index in [-0.39, 0.29) is 11.8 Å². The largest absolute Gasteiger partial charge is 0.355 e. The van der Waals surface area contributed by atoms with Crippen molar-refractivity contribution in [3.05, 3.63) is 0 Å². The van der Waals surface area contributed by atoms with Gasteiger partial charge in [0.2, 0.25) is 11.8 Å². The molecule has 0 radical (unpaired) electrons. The normalized spacial score (nSPS) is 15.1. The molecule has 1 aliphatic carbocycles. The van der Waals surface area contributed by atoms with Crippen molar-refractivity contribution in [1.82, 2.24) is 20.8 Å². The molecule has 0 spiro atoms. The highest BCUT2D eigenvalue weighted by molar-refractivity contribution is 8.03. The summed E-state index contributed by atoms with van der Waals surface area (Å²) in [6.07, 6.45) is 7.30. The van der Waals surface area contributed by atoms with E-state index in [1.165, 1.54) is 67.0 Å². The standard InChI is InChI=1S/C16H26N4O2S3/c1-2-8-17-13(21)10-23-15-19-20-16(25-15)24-11-14(22)18-9-12-6-4-3-5-7-12/h12H,2-11H2,1H3,(H,17,21)(H,18,22). The maximum atomic E-state index is 11.9. The van der Waals surface area contributed by atoms with Gasteiger partial charge in [0.25, 0.3) is 0 Å². The minimum absolute atomic E-state index is 0.0124. The number of aromatic nitrogens is 2. The molecule has 25 heavy (non-hydrogen) atoms. The average Bonchev–Trinajstić information content (AvgIpc) is 3.10. The molecule has 9 heteroatoms. The van der Waals surface area contributed by atoms with Crippen LogP contribution in [0.4, 0.5) is 0 Å². The first-order valence-corrected chi connectivity index (χ1v) is 11.6. The van der Waals surface area contributed by atoms with Crippen molar-refractivity contribution < 1.29 is 9.59 Å². The summed E-state index contributed by atoms with van der Waals surface area (Å²) in [5.74, 6) is 1.42. The molecule has 0 atom stereocenters. The number of hydrogen-bond acceptors (Lipinski definition) is 7. The second-order valence-corrected chi connectivity index (χ2v) is 9.49. The molecule has 0 aliphatic heterocycles. The van der Waals surface area contributed by atoms with Gasteiger partial charge in [0, 0.05) is 13.1 Å². The van der Waals surface area contributed by atoms with E-state index in [4.69, 9.17) is 0 Å². The molecule has 0 unspecified atom stereocenters. The van der Waals surface area contributed by atoms with Crippen molar-refractivity contribution in [2.45, 2.75) is 54.1 Å². The SMILES string of the molecule is CCCNC(=O)CSc1nnc(SCC(=O)NCC2CCCCC2)s1. The summed E-state index contributed by atoms with van der Waals surface area (Å²) in [4.78, 5) is 23.5. The van der Waals surface area contributed by atoms with E-state index in [0.717, 1.165) is 21.6 Å². The van der Waals surface area contributed by atoms with Gasteiger partial charge >= 0.3 is 0 Å². The van der Waals surface area contributed by atoms with Crippen LogP contribution in [0.5, 0.6) is 0 Å². The number of rotatable bonds is 10. The van der Waals surface area contributed by atoms with E-state index < -0.39 is 0 Å². The molecule has 1 aromatic heterocycles. The number of thioether (sulfide) groups is 2. The zero-order valence-corrected chi connectivity index (χ0v) is 17.0. The number of hydrogen-bond donors (Lipinski definition) is 2. The number of amides is 2. The van der Waals surface area contributed by atoms with E-state index in [1.54, 1.807) is 0 Å². The Labute approximate surface area is 161 Å². The Hall–Kier alpha value is -0.800. The van der Waals surface area contributed by atoms with Gasteiger partial charge in [-0.3, -0.25) is 9.59 Å². The van der Waals surface area contributed by atoms with Gasteiger partial charge in [-0.1, -0.05) is 61.0 Å². The van der Waals surface area contributed by atoms with Gasteiger partial charge in [-0.15, -0.1) is 10.2 Å². The molecule has 1 aliphatic rings. The molecule has 1 saturated carbocycles. The van der Waals surface area contributed by atoms with Crippen molar-refractivity contribution in [3.8, 4) is 0 Å². The lowest BCUT2D eigenvalue weighted by Gasteiger charge is -2.21. The van der Waals surface area contributed by atoms with Crippen LogP contribution in [-0.4, -0.2) is 46.6 Å². The molecular formula is C16H26N4O2S3. The first-order valence-electron chi connectivity index (χ1n) is 8.80. The van der Waals surface area contributed by atoms with Crippen LogP contribution in [0, 0.1) is 5.92 Å². The van der Waals surface area contributed by atoms with Crippen LogP contribution in [0.15, 0.2) is 8.68 Å². The van der Waals surface area contributed by atoms with Crippen LogP contribution in [-0.2, 0) is 9.59 Å². The third kappa shape index (κ3) is 8.42. The monoisotopic (exact) mass is 402 g/mol. The summed E-state index contributed by atoms with van der Waals surface area (Å²) < 4.78 is 1.53. The van der Waals surface area contributed by atoms with Crippen molar-refractivity contribution in [3.63, 3.8) is 0 Å². The summed E-state index contributed by atoms with van der Waals surface area (Å²) in [6.45, 7) is 3.52. The minimum atomic E-state index is 0.0124. The average molecular weight is 403 g/mol. The van der Waals surface area contributed by atoms with Crippen LogP contribution in [0.25, 0.3) is 0 Å². The fraction of sp³-hybridized carbons (Fsp3) is 0.750. The molecular weight excluding hydrogens is 376 g/mol. The highest BCUT2D eigenvalue weighted by atomic mass is 32.2. The Morgan fingerprint density at radius 3 is 2.24 bits per heavy atom. The van der Waals surface area contributed by atoms with Crippen LogP contribution in [0.2, 0.25) is 0 Å². The van der Waals surface area contributed by atoms with Crippen LogP contribution in [0.1, 0.15) is 45.4 Å². The summed E-state index contributed by atoms with van der Waals surface area (Å²) in [7, 11) is 0. The van der Waals surface area contributed by atoms with E-state index in [1.807, 2.05) is 6.92 Å². The molecule has 1 fully saturated rings. The smallest absolute Gasteiger partial charge is 0.230 e. The lowest BCUT2D eigenvalue weighted by Crippen LogP contribution is -2.31. The Kier molecular flexibility index (Phi) is 9.64. The lowest BCUT2D eigenvalue weighted by atomic mass is 9.89. The van der Waals surface area contributed by atoms with Crippen LogP contribution < -0.4 is 10.6 Å². The van der Waals surface area contributed by atoms with Gasteiger partial charge in [-0.2, -0.15) is 0 Å². The summed E-state index contributed by atoms with van der Waals surface area (Å²) in [5, 5.41) is 14.0. The van der Waals surface area contributed by atoms with Crippen molar-refractivity contribution >= 4 is 46.7 Å². The summed E-state index contributed by atoms with van der Waals surface area (Å²) >= 11 is 4.22. The summed E-state index contributed by atoms with van der Waals surface area (Å²) in [6, 6.07) is 0.